The van der Waals surface area contributed by atoms with Gasteiger partial charge in [-0.1, -0.05) is 15.9 Å². The molecule has 0 spiro atoms. The van der Waals surface area contributed by atoms with Crippen LogP contribution in [0, 0.1) is 0 Å². The molecule has 3 heteroatoms. The van der Waals surface area contributed by atoms with Crippen molar-refractivity contribution in [2.24, 2.45) is 0 Å². The van der Waals surface area contributed by atoms with Gasteiger partial charge in [-0.3, -0.25) is 4.79 Å². The van der Waals surface area contributed by atoms with Crippen LogP contribution in [-0.2, 0) is 4.79 Å². The molecule has 1 aliphatic heterocycles. The van der Waals surface area contributed by atoms with E-state index in [1.165, 1.54) is 0 Å². The topological polar surface area (TPSA) is 29.1 Å². The van der Waals surface area contributed by atoms with Crippen molar-refractivity contribution in [3.8, 4) is 0 Å². The van der Waals surface area contributed by atoms with Crippen molar-refractivity contribution < 1.29 is 4.79 Å². The number of nitrogens with one attached hydrogen (secondary N) is 1. The van der Waals surface area contributed by atoms with Crippen LogP contribution in [0.3, 0.4) is 0 Å². The van der Waals surface area contributed by atoms with Crippen molar-refractivity contribution in [3.05, 3.63) is 0 Å². The summed E-state index contributed by atoms with van der Waals surface area (Å²) in [4.78, 5) is 10.9. The Bertz CT molecular complexity index is 110. The predicted molar refractivity (Wildman–Crippen MR) is 39.8 cm³/mol. The van der Waals surface area contributed by atoms with Gasteiger partial charge in [-0.2, -0.15) is 0 Å². The Morgan fingerprint density at radius 3 is 3.00 bits per heavy atom. The zero-order valence-electron chi connectivity index (χ0n) is 5.19. The highest BCUT2D eigenvalue weighted by molar-refractivity contribution is 9.09. The molecule has 0 amide bonds. The molecule has 2 nitrogen and oxygen atoms in total. The van der Waals surface area contributed by atoms with E-state index in [0.717, 1.165) is 19.4 Å². The molecule has 1 aliphatic rings. The third-order valence-corrected chi connectivity index (χ3v) is 2.13. The maximum atomic E-state index is 10.9. The Morgan fingerprint density at radius 1 is 1.78 bits per heavy atom. The summed E-state index contributed by atoms with van der Waals surface area (Å²) in [5, 5.41) is 3.62. The van der Waals surface area contributed by atoms with E-state index in [9.17, 15) is 4.79 Å². The molecule has 52 valence electrons. The van der Waals surface area contributed by atoms with Crippen LogP contribution in [0.15, 0.2) is 0 Å². The number of hydrogen-bond donors (Lipinski definition) is 1. The number of halogens is 1. The first kappa shape index (κ1) is 7.22. The van der Waals surface area contributed by atoms with Gasteiger partial charge in [0.05, 0.1) is 11.4 Å². The number of carbonyl (C=O) groups is 1. The smallest absolute Gasteiger partial charge is 0.160 e. The number of carbonyl (C=O) groups excluding carboxylic acids is 1. The fourth-order valence-electron chi connectivity index (χ4n) is 1.05. The van der Waals surface area contributed by atoms with E-state index in [4.69, 9.17) is 0 Å². The second kappa shape index (κ2) is 3.32. The van der Waals surface area contributed by atoms with Gasteiger partial charge in [0, 0.05) is 0 Å². The van der Waals surface area contributed by atoms with E-state index >= 15 is 0 Å². The van der Waals surface area contributed by atoms with Crippen LogP contribution in [0.1, 0.15) is 12.8 Å². The molecule has 0 aromatic rings. The minimum absolute atomic E-state index is 0.143. The van der Waals surface area contributed by atoms with Crippen LogP contribution in [0.2, 0.25) is 0 Å². The summed E-state index contributed by atoms with van der Waals surface area (Å²) in [7, 11) is 0. The summed E-state index contributed by atoms with van der Waals surface area (Å²) in [5.41, 5.74) is 0. The lowest BCUT2D eigenvalue weighted by molar-refractivity contribution is -0.118. The molecule has 1 fully saturated rings. The normalized spacial score (nSPS) is 26.6. The van der Waals surface area contributed by atoms with Gasteiger partial charge in [0.2, 0.25) is 0 Å². The van der Waals surface area contributed by atoms with Crippen LogP contribution in [0.4, 0.5) is 0 Å². The molecule has 0 aromatic carbocycles. The van der Waals surface area contributed by atoms with Gasteiger partial charge in [-0.25, -0.2) is 0 Å². The summed E-state index contributed by atoms with van der Waals surface area (Å²) < 4.78 is 0. The molecule has 9 heavy (non-hydrogen) atoms. The SMILES string of the molecule is O=C(CBr)[C@H]1CCCN1. The van der Waals surface area contributed by atoms with E-state index in [0.29, 0.717) is 5.33 Å². The van der Waals surface area contributed by atoms with Gasteiger partial charge in [0.1, 0.15) is 0 Å². The Labute approximate surface area is 63.1 Å². The fraction of sp³-hybridized carbons (Fsp3) is 0.833. The van der Waals surface area contributed by atoms with Gasteiger partial charge < -0.3 is 5.32 Å². The molecule has 1 heterocycles. The van der Waals surface area contributed by atoms with Gasteiger partial charge >= 0.3 is 0 Å². The molecular weight excluding hydrogens is 182 g/mol. The van der Waals surface area contributed by atoms with E-state index < -0.39 is 0 Å². The lowest BCUT2D eigenvalue weighted by Crippen LogP contribution is -2.31. The standard InChI is InChI=1S/C6H10BrNO/c7-4-6(9)5-2-1-3-8-5/h5,8H,1-4H2/t5-/m1/s1. The third kappa shape index (κ3) is 1.76. The van der Waals surface area contributed by atoms with Crippen molar-refractivity contribution in [2.45, 2.75) is 18.9 Å². The van der Waals surface area contributed by atoms with E-state index in [1.54, 1.807) is 0 Å². The number of Topliss-reactive ketones (excluding diaryl/α,β-unsaturated/α-hetero) is 1. The van der Waals surface area contributed by atoms with Crippen LogP contribution < -0.4 is 5.32 Å². The van der Waals surface area contributed by atoms with Crippen LogP contribution in [0.25, 0.3) is 0 Å². The Balaban J connectivity index is 2.32. The highest BCUT2D eigenvalue weighted by Crippen LogP contribution is 2.06. The Hall–Kier alpha value is 0.110. The van der Waals surface area contributed by atoms with Crippen LogP contribution in [-0.4, -0.2) is 23.7 Å². The van der Waals surface area contributed by atoms with Gasteiger partial charge in [-0.15, -0.1) is 0 Å². The molecular formula is C6H10BrNO. The van der Waals surface area contributed by atoms with E-state index in [2.05, 4.69) is 21.2 Å². The molecule has 0 aromatic heterocycles. The quantitative estimate of drug-likeness (QED) is 0.652. The fourth-order valence-corrected chi connectivity index (χ4v) is 1.44. The van der Waals surface area contributed by atoms with E-state index in [1.807, 2.05) is 0 Å². The summed E-state index contributed by atoms with van der Waals surface area (Å²) >= 11 is 3.14. The second-order valence-electron chi connectivity index (χ2n) is 2.25. The molecule has 1 atom stereocenters. The second-order valence-corrected chi connectivity index (χ2v) is 2.81. The van der Waals surface area contributed by atoms with Gasteiger partial charge in [0.15, 0.2) is 5.78 Å². The van der Waals surface area contributed by atoms with Crippen molar-refractivity contribution in [3.63, 3.8) is 0 Å². The van der Waals surface area contributed by atoms with Crippen molar-refractivity contribution >= 4 is 21.7 Å². The lowest BCUT2D eigenvalue weighted by Gasteiger charge is -2.03. The average Bonchev–Trinajstić information content (AvgIpc) is 2.37. The van der Waals surface area contributed by atoms with Gasteiger partial charge in [0.25, 0.3) is 0 Å². The molecule has 0 unspecified atom stereocenters. The maximum Gasteiger partial charge on any atom is 0.160 e. The molecule has 0 aliphatic carbocycles. The van der Waals surface area contributed by atoms with Crippen LogP contribution >= 0.6 is 15.9 Å². The summed E-state index contributed by atoms with van der Waals surface area (Å²) in [6.07, 6.45) is 2.16. The van der Waals surface area contributed by atoms with Gasteiger partial charge in [-0.05, 0) is 19.4 Å². The molecule has 1 saturated heterocycles. The number of alkyl halides is 1. The summed E-state index contributed by atoms with van der Waals surface area (Å²) in [6.45, 7) is 1.00. The number of rotatable bonds is 2. The first-order chi connectivity index (χ1) is 4.34. The first-order valence-corrected chi connectivity index (χ1v) is 4.29. The predicted octanol–water partition coefficient (Wildman–Crippen LogP) is 0.702. The van der Waals surface area contributed by atoms with Crippen molar-refractivity contribution in [1.82, 2.24) is 5.32 Å². The zero-order chi connectivity index (χ0) is 6.69. The van der Waals surface area contributed by atoms with E-state index in [-0.39, 0.29) is 11.8 Å². The minimum Gasteiger partial charge on any atom is -0.307 e. The largest absolute Gasteiger partial charge is 0.307 e. The molecule has 1 rings (SSSR count). The monoisotopic (exact) mass is 191 g/mol. The third-order valence-electron chi connectivity index (χ3n) is 1.58. The average molecular weight is 192 g/mol. The Kier molecular flexibility index (Phi) is 2.66. The number of hydrogen-bond acceptors (Lipinski definition) is 2. The minimum atomic E-state index is 0.143. The van der Waals surface area contributed by atoms with Crippen molar-refractivity contribution in [1.29, 1.82) is 0 Å². The van der Waals surface area contributed by atoms with Crippen LogP contribution in [0.5, 0.6) is 0 Å². The van der Waals surface area contributed by atoms with Crippen molar-refractivity contribution in [2.75, 3.05) is 11.9 Å². The first-order valence-electron chi connectivity index (χ1n) is 3.16. The molecule has 1 N–H and O–H groups in total. The maximum absolute atomic E-state index is 10.9. The molecule has 0 bridgehead atoms. The highest BCUT2D eigenvalue weighted by Gasteiger charge is 2.19. The lowest BCUT2D eigenvalue weighted by atomic mass is 10.2. The zero-order valence-corrected chi connectivity index (χ0v) is 6.78. The molecule has 0 radical (unpaired) electrons. The number of ketones is 1. The summed E-state index contributed by atoms with van der Waals surface area (Å²) in [5.74, 6) is 0.285. The Morgan fingerprint density at radius 2 is 2.56 bits per heavy atom. The summed E-state index contributed by atoms with van der Waals surface area (Å²) in [6, 6.07) is 0.143. The highest BCUT2D eigenvalue weighted by atomic mass is 79.9. The molecule has 0 saturated carbocycles.